The van der Waals surface area contributed by atoms with Crippen LogP contribution in [0.5, 0.6) is 0 Å². The molecule has 0 aliphatic heterocycles. The summed E-state index contributed by atoms with van der Waals surface area (Å²) in [5, 5.41) is 14.3. The molecule has 14 heteroatoms. The zero-order valence-corrected chi connectivity index (χ0v) is 44.3. The van der Waals surface area contributed by atoms with E-state index in [1.807, 2.05) is 134 Å². The molecule has 14 nitrogen and oxygen atoms in total. The molecule has 7 aromatic carbocycles. The Morgan fingerprint density at radius 3 is 1.14 bits per heavy atom. The lowest BCUT2D eigenvalue weighted by molar-refractivity contribution is -0.135. The van der Waals surface area contributed by atoms with Crippen molar-refractivity contribution in [1.82, 2.24) is 26.6 Å². The number of aryl methyl sites for hydroxylation is 1. The molecule has 0 aliphatic rings. The number of primary amides is 1. The zero-order valence-electron chi connectivity index (χ0n) is 44.3. The molecule has 7 amide bonds. The molecule has 0 aliphatic carbocycles. The first kappa shape index (κ1) is 57.3. The van der Waals surface area contributed by atoms with Crippen LogP contribution in [-0.4, -0.2) is 71.6 Å². The Hall–Kier alpha value is -9.43. The van der Waals surface area contributed by atoms with Gasteiger partial charge >= 0.3 is 0 Å². The van der Waals surface area contributed by atoms with Crippen molar-refractivity contribution in [3.8, 4) is 0 Å². The van der Waals surface area contributed by atoms with E-state index in [4.69, 9.17) is 5.73 Å². The Kier molecular flexibility index (Phi) is 21.2. The quantitative estimate of drug-likeness (QED) is 0.0315. The van der Waals surface area contributed by atoms with E-state index >= 15 is 0 Å². The number of rotatable bonds is 27. The van der Waals surface area contributed by atoms with Gasteiger partial charge < -0.3 is 37.2 Å². The van der Waals surface area contributed by atoms with Gasteiger partial charge in [-0.2, -0.15) is 0 Å². The largest absolute Gasteiger partial charge is 0.368 e. The van der Waals surface area contributed by atoms with Gasteiger partial charge in [0.25, 0.3) is 0 Å². The number of carbonyl (C=O) groups is 7. The highest BCUT2D eigenvalue weighted by Gasteiger charge is 2.33. The average Bonchev–Trinajstić information content (AvgIpc) is 3.47. The normalized spacial score (nSPS) is 12.7. The second-order valence-corrected chi connectivity index (χ2v) is 19.4. The Morgan fingerprint density at radius 1 is 0.430 bits per heavy atom. The number of para-hydroxylation sites is 1. The lowest BCUT2D eigenvalue weighted by Crippen LogP contribution is -2.60. The Balaban J connectivity index is 1.12. The predicted octanol–water partition coefficient (Wildman–Crippen LogP) is 7.07. The molecule has 0 spiro atoms. The fourth-order valence-corrected chi connectivity index (χ4v) is 9.24. The summed E-state index contributed by atoms with van der Waals surface area (Å²) in [6.45, 7) is 6.10. The van der Waals surface area contributed by atoms with Crippen LogP contribution in [-0.2, 0) is 72.2 Å². The second kappa shape index (κ2) is 29.2. The molecular formula is C65H67N7O7. The molecule has 5 atom stereocenters. The van der Waals surface area contributed by atoms with Gasteiger partial charge in [-0.15, -0.1) is 0 Å². The van der Waals surface area contributed by atoms with Crippen LogP contribution in [0.4, 0.5) is 5.69 Å². The lowest BCUT2D eigenvalue weighted by Gasteiger charge is -2.27. The fraction of sp³-hybridized carbons (Fsp3) is 0.215. The van der Waals surface area contributed by atoms with Gasteiger partial charge in [0, 0.05) is 50.6 Å². The van der Waals surface area contributed by atoms with Gasteiger partial charge in [-0.3, -0.25) is 33.6 Å². The smallest absolute Gasteiger partial charge is 0.243 e. The topological polar surface area (TPSA) is 209 Å². The van der Waals surface area contributed by atoms with E-state index in [2.05, 4.69) is 33.2 Å². The number of nitrogens with zero attached hydrogens (tertiary/aromatic N) is 1. The van der Waals surface area contributed by atoms with Gasteiger partial charge in [0.05, 0.1) is 6.54 Å². The SMILES string of the molecule is C=Cc1ccccc1CN(C(=O)CCC(=O)NC(Cc1ccccc1)C(=O)NC(Cc1ccccc1)C(=O)NC(Cc1ccccc1)C(=O)NC(Cc1ccccc1)C(=O)NC(Cc1ccccc1)C(N)=O)c1ccccc1C. The van der Waals surface area contributed by atoms with Gasteiger partial charge in [-0.05, 0) is 57.5 Å². The maximum absolute atomic E-state index is 14.9. The summed E-state index contributed by atoms with van der Waals surface area (Å²) in [6, 6.07) is 54.4. The van der Waals surface area contributed by atoms with Gasteiger partial charge in [-0.25, -0.2) is 0 Å². The van der Waals surface area contributed by atoms with Crippen LogP contribution in [0.15, 0.2) is 207 Å². The van der Waals surface area contributed by atoms with E-state index in [0.717, 1.165) is 27.8 Å². The van der Waals surface area contributed by atoms with Crippen LogP contribution in [0.1, 0.15) is 57.3 Å². The highest BCUT2D eigenvalue weighted by Crippen LogP contribution is 2.25. The van der Waals surface area contributed by atoms with Gasteiger partial charge in [0.1, 0.15) is 30.2 Å². The van der Waals surface area contributed by atoms with Crippen LogP contribution >= 0.6 is 0 Å². The molecule has 0 heterocycles. The summed E-state index contributed by atoms with van der Waals surface area (Å²) >= 11 is 0. The maximum atomic E-state index is 14.9. The fourth-order valence-electron chi connectivity index (χ4n) is 9.24. The lowest BCUT2D eigenvalue weighted by atomic mass is 10.00. The van der Waals surface area contributed by atoms with Crippen molar-refractivity contribution in [3.05, 3.63) is 251 Å². The summed E-state index contributed by atoms with van der Waals surface area (Å²) in [5.74, 6) is -4.36. The molecule has 7 N–H and O–H groups in total. The molecule has 0 fully saturated rings. The second-order valence-electron chi connectivity index (χ2n) is 19.4. The third kappa shape index (κ3) is 17.6. The molecule has 0 aromatic heterocycles. The van der Waals surface area contributed by atoms with Crippen molar-refractivity contribution < 1.29 is 33.6 Å². The van der Waals surface area contributed by atoms with E-state index in [1.54, 1.807) is 83.8 Å². The summed E-state index contributed by atoms with van der Waals surface area (Å²) in [4.78, 5) is 101. The molecule has 0 bridgehead atoms. The molecule has 5 unspecified atom stereocenters. The van der Waals surface area contributed by atoms with Gasteiger partial charge in [0.2, 0.25) is 41.4 Å². The molecule has 79 heavy (non-hydrogen) atoms. The van der Waals surface area contributed by atoms with Crippen LogP contribution < -0.4 is 37.2 Å². The number of carbonyl (C=O) groups excluding carboxylic acids is 7. The maximum Gasteiger partial charge on any atom is 0.243 e. The highest BCUT2D eigenvalue weighted by molar-refractivity contribution is 5.98. The van der Waals surface area contributed by atoms with E-state index in [9.17, 15) is 33.6 Å². The third-order valence-corrected chi connectivity index (χ3v) is 13.5. The third-order valence-electron chi connectivity index (χ3n) is 13.5. The first-order valence-electron chi connectivity index (χ1n) is 26.4. The molecular weight excluding hydrogens is 991 g/mol. The number of nitrogens with two attached hydrogens (primary N) is 1. The first-order chi connectivity index (χ1) is 38.3. The molecule has 7 rings (SSSR count). The standard InChI is InChI=1S/C65H67N7O7/c1-3-51-34-20-21-35-52(51)44-72(58-36-22-19-23-45(58)2)60(74)38-37-59(73)67-54(40-47-26-11-5-12-27-47)62(76)69-56(42-49-30-15-7-16-31-49)64(78)71-57(43-50-32-17-8-18-33-50)65(79)70-55(41-48-28-13-6-14-29-48)63(77)68-53(61(66)75)39-46-24-9-4-10-25-46/h3-36,53-57H,1,37-44H2,2H3,(H2,66,75)(H,67,73)(H,68,77)(H,69,76)(H,70,79)(H,71,78). The molecule has 0 saturated heterocycles. The summed E-state index contributed by atoms with van der Waals surface area (Å²) in [7, 11) is 0. The molecule has 404 valence electrons. The van der Waals surface area contributed by atoms with Crippen LogP contribution in [0.2, 0.25) is 0 Å². The Morgan fingerprint density at radius 2 is 0.759 bits per heavy atom. The van der Waals surface area contributed by atoms with Crippen LogP contribution in [0, 0.1) is 6.92 Å². The van der Waals surface area contributed by atoms with Crippen molar-refractivity contribution in [3.63, 3.8) is 0 Å². The summed E-state index contributed by atoms with van der Waals surface area (Å²) in [5.41, 5.74) is 12.7. The van der Waals surface area contributed by atoms with Gasteiger partial charge in [-0.1, -0.05) is 207 Å². The van der Waals surface area contributed by atoms with Crippen molar-refractivity contribution >= 4 is 53.1 Å². The van der Waals surface area contributed by atoms with E-state index < -0.39 is 65.7 Å². The summed E-state index contributed by atoms with van der Waals surface area (Å²) < 4.78 is 0. The minimum Gasteiger partial charge on any atom is -0.368 e. The Labute approximate surface area is 461 Å². The number of benzene rings is 7. The van der Waals surface area contributed by atoms with E-state index in [1.165, 1.54) is 0 Å². The van der Waals surface area contributed by atoms with Crippen molar-refractivity contribution in [2.24, 2.45) is 5.73 Å². The van der Waals surface area contributed by atoms with E-state index in [-0.39, 0.29) is 57.4 Å². The van der Waals surface area contributed by atoms with E-state index in [0.29, 0.717) is 22.4 Å². The molecule has 0 radical (unpaired) electrons. The minimum atomic E-state index is -1.28. The monoisotopic (exact) mass is 1060 g/mol. The number of nitrogens with one attached hydrogen (secondary N) is 5. The minimum absolute atomic E-state index is 0.00271. The first-order valence-corrected chi connectivity index (χ1v) is 26.4. The van der Waals surface area contributed by atoms with Crippen molar-refractivity contribution in [1.29, 1.82) is 0 Å². The number of hydrogen-bond acceptors (Lipinski definition) is 7. The average molecular weight is 1060 g/mol. The van der Waals surface area contributed by atoms with Crippen LogP contribution in [0.25, 0.3) is 6.08 Å². The number of amides is 7. The van der Waals surface area contributed by atoms with Gasteiger partial charge in [0.15, 0.2) is 0 Å². The van der Waals surface area contributed by atoms with Crippen molar-refractivity contribution in [2.45, 2.75) is 88.6 Å². The summed E-state index contributed by atoms with van der Waals surface area (Å²) in [6.07, 6.45) is 1.51. The highest BCUT2D eigenvalue weighted by atomic mass is 16.2. The Bertz CT molecular complexity index is 3160. The zero-order chi connectivity index (χ0) is 55.9. The number of anilines is 1. The predicted molar refractivity (Wildman–Crippen MR) is 308 cm³/mol. The molecule has 7 aromatic rings. The van der Waals surface area contributed by atoms with Crippen LogP contribution in [0.3, 0.4) is 0 Å². The van der Waals surface area contributed by atoms with Crippen molar-refractivity contribution in [2.75, 3.05) is 4.90 Å². The number of hydrogen-bond donors (Lipinski definition) is 6. The molecule has 0 saturated carbocycles.